The first-order chi connectivity index (χ1) is 20.0. The summed E-state index contributed by atoms with van der Waals surface area (Å²) in [5.74, 6) is -0.00678. The Hall–Kier alpha value is -4.10. The first-order valence-electron chi connectivity index (χ1n) is 14.7. The average molecular weight is 550 g/mol. The maximum Gasteiger partial charge on any atom is 0.318 e. The Kier molecular flexibility index (Phi) is 7.79. The fourth-order valence-electron chi connectivity index (χ4n) is 6.43. The predicted octanol–water partition coefficient (Wildman–Crippen LogP) is 5.86. The molecule has 3 amide bonds. The molecule has 0 spiro atoms. The van der Waals surface area contributed by atoms with Gasteiger partial charge in [-0.25, -0.2) is 4.79 Å². The number of piperidine rings is 1. The zero-order chi connectivity index (χ0) is 28.3. The molecule has 212 valence electrons. The molecule has 41 heavy (non-hydrogen) atoms. The number of carbonyl (C=O) groups excluding carboxylic acids is 2. The van der Waals surface area contributed by atoms with Gasteiger partial charge in [0.25, 0.3) is 0 Å². The number of nitrogens with one attached hydrogen (secondary N) is 3. The topological polar surface area (TPSA) is 80.5 Å². The number of hydrogen-bond donors (Lipinski definition) is 3. The van der Waals surface area contributed by atoms with Gasteiger partial charge in [-0.1, -0.05) is 61.5 Å². The van der Waals surface area contributed by atoms with E-state index in [-0.39, 0.29) is 17.9 Å². The van der Waals surface area contributed by atoms with Gasteiger partial charge >= 0.3 is 6.03 Å². The molecule has 4 aromatic rings. The lowest BCUT2D eigenvalue weighted by Gasteiger charge is -2.34. The molecule has 6 rings (SSSR count). The lowest BCUT2D eigenvalue weighted by Crippen LogP contribution is -2.53. The number of fused-ring (bicyclic) bond motifs is 2. The highest BCUT2D eigenvalue weighted by Gasteiger charge is 2.32. The van der Waals surface area contributed by atoms with Gasteiger partial charge in [-0.05, 0) is 72.7 Å². The monoisotopic (exact) mass is 549 g/mol. The summed E-state index contributed by atoms with van der Waals surface area (Å²) in [6.07, 6.45) is 4.80. The number of likely N-dealkylation sites (N-methyl/N-ethyl adjacent to an activating group) is 1. The highest BCUT2D eigenvalue weighted by molar-refractivity contribution is 5.98. The third-order valence-corrected chi connectivity index (χ3v) is 8.90. The van der Waals surface area contributed by atoms with Crippen molar-refractivity contribution in [2.75, 3.05) is 32.0 Å². The third-order valence-electron chi connectivity index (χ3n) is 8.90. The van der Waals surface area contributed by atoms with Crippen molar-refractivity contribution in [1.29, 1.82) is 0 Å². The second-order valence-corrected chi connectivity index (χ2v) is 11.6. The molecule has 3 heterocycles. The Balaban J connectivity index is 1.21. The van der Waals surface area contributed by atoms with Crippen molar-refractivity contribution in [3.63, 3.8) is 0 Å². The number of aromatic nitrogens is 1. The second-order valence-electron chi connectivity index (χ2n) is 11.6. The van der Waals surface area contributed by atoms with Crippen LogP contribution in [0.3, 0.4) is 0 Å². The molecule has 2 unspecified atom stereocenters. The molecule has 0 aliphatic carbocycles. The van der Waals surface area contributed by atoms with Crippen LogP contribution >= 0.6 is 0 Å². The fourth-order valence-corrected chi connectivity index (χ4v) is 6.43. The molecule has 0 radical (unpaired) electrons. The van der Waals surface area contributed by atoms with E-state index in [1.165, 1.54) is 16.7 Å². The Morgan fingerprint density at radius 3 is 2.49 bits per heavy atom. The van der Waals surface area contributed by atoms with E-state index in [0.29, 0.717) is 19.0 Å². The number of H-pyrrole nitrogens is 1. The first-order valence-corrected chi connectivity index (χ1v) is 14.7. The molecule has 2 aliphatic rings. The summed E-state index contributed by atoms with van der Waals surface area (Å²) < 4.78 is 0. The Labute approximate surface area is 241 Å². The van der Waals surface area contributed by atoms with Crippen molar-refractivity contribution in [1.82, 2.24) is 20.1 Å². The molecule has 3 N–H and O–H groups in total. The first kappa shape index (κ1) is 27.1. The van der Waals surface area contributed by atoms with Crippen LogP contribution in [0.25, 0.3) is 10.9 Å². The van der Waals surface area contributed by atoms with Crippen LogP contribution in [0, 0.1) is 0 Å². The number of likely N-dealkylation sites (tertiary alicyclic amines) is 1. The zero-order valence-corrected chi connectivity index (χ0v) is 23.9. The minimum atomic E-state index is -0.743. The zero-order valence-electron chi connectivity index (χ0n) is 23.9. The van der Waals surface area contributed by atoms with E-state index in [1.807, 2.05) is 48.4 Å². The van der Waals surface area contributed by atoms with Crippen LogP contribution in [0.1, 0.15) is 53.9 Å². The molecule has 7 heteroatoms. The summed E-state index contributed by atoms with van der Waals surface area (Å²) in [6, 6.07) is 23.8. The van der Waals surface area contributed by atoms with Crippen molar-refractivity contribution in [3.05, 3.63) is 101 Å². The summed E-state index contributed by atoms with van der Waals surface area (Å²) >= 11 is 0. The van der Waals surface area contributed by atoms with Crippen LogP contribution in [-0.2, 0) is 17.8 Å². The van der Waals surface area contributed by atoms with E-state index in [2.05, 4.69) is 70.0 Å². The number of amides is 3. The van der Waals surface area contributed by atoms with Gasteiger partial charge < -0.3 is 25.4 Å². The summed E-state index contributed by atoms with van der Waals surface area (Å²) in [6.45, 7) is 5.25. The molecule has 2 aliphatic heterocycles. The lowest BCUT2D eigenvalue weighted by molar-refractivity contribution is -0.118. The summed E-state index contributed by atoms with van der Waals surface area (Å²) in [4.78, 5) is 35.0. The van der Waals surface area contributed by atoms with Crippen LogP contribution in [-0.4, -0.2) is 59.4 Å². The minimum Gasteiger partial charge on any atom is -0.361 e. The van der Waals surface area contributed by atoms with Crippen LogP contribution in [0.2, 0.25) is 0 Å². The van der Waals surface area contributed by atoms with Crippen molar-refractivity contribution in [2.24, 2.45) is 0 Å². The van der Waals surface area contributed by atoms with Crippen LogP contribution in [0.5, 0.6) is 0 Å². The number of hydrogen-bond acceptors (Lipinski definition) is 3. The number of benzene rings is 3. The van der Waals surface area contributed by atoms with Crippen LogP contribution in [0.4, 0.5) is 10.5 Å². The Morgan fingerprint density at radius 1 is 0.927 bits per heavy atom. The van der Waals surface area contributed by atoms with Crippen molar-refractivity contribution in [2.45, 2.75) is 50.6 Å². The van der Waals surface area contributed by atoms with E-state index in [4.69, 9.17) is 0 Å². The molecular weight excluding hydrogens is 510 g/mol. The SMILES string of the molecule is CC(c1c[nH]c2ccccc12)C(NC(=O)N1CCC(c2ccccc2)CC1)C(=O)Nc1ccc2c(c1)CN(C)CC2. The van der Waals surface area contributed by atoms with Gasteiger partial charge in [0.15, 0.2) is 0 Å². The van der Waals surface area contributed by atoms with Gasteiger partial charge in [0, 0.05) is 54.9 Å². The third kappa shape index (κ3) is 5.86. The normalized spacial score (nSPS) is 17.6. The Morgan fingerprint density at radius 2 is 1.68 bits per heavy atom. The highest BCUT2D eigenvalue weighted by Crippen LogP contribution is 2.31. The second kappa shape index (κ2) is 11.8. The predicted molar refractivity (Wildman–Crippen MR) is 164 cm³/mol. The standard InChI is InChI=1S/C34H39N5O2/c1-23(30-21-35-31-11-7-6-10-29(30)31)32(33(40)36-28-13-12-25-14-17-38(2)22-27(25)20-28)37-34(41)39-18-15-26(16-19-39)24-8-4-3-5-9-24/h3-13,20-21,23,26,32,35H,14-19,22H2,1-2H3,(H,36,40)(H,37,41). The molecule has 1 saturated heterocycles. The average Bonchev–Trinajstić information content (AvgIpc) is 3.44. The lowest BCUT2D eigenvalue weighted by atomic mass is 9.89. The van der Waals surface area contributed by atoms with Gasteiger partial charge in [-0.2, -0.15) is 0 Å². The number of rotatable bonds is 6. The molecule has 3 aromatic carbocycles. The van der Waals surface area contributed by atoms with E-state index in [0.717, 1.165) is 54.5 Å². The van der Waals surface area contributed by atoms with Gasteiger partial charge in [-0.3, -0.25) is 4.79 Å². The summed E-state index contributed by atoms with van der Waals surface area (Å²) in [5.41, 5.74) is 6.68. The van der Waals surface area contributed by atoms with Crippen LogP contribution < -0.4 is 10.6 Å². The van der Waals surface area contributed by atoms with Crippen LogP contribution in [0.15, 0.2) is 79.0 Å². The Bertz CT molecular complexity index is 1520. The number of aromatic amines is 1. The molecule has 7 nitrogen and oxygen atoms in total. The van der Waals surface area contributed by atoms with E-state index in [1.54, 1.807) is 0 Å². The van der Waals surface area contributed by atoms with E-state index in [9.17, 15) is 9.59 Å². The molecule has 0 bridgehead atoms. The molecule has 2 atom stereocenters. The quantitative estimate of drug-likeness (QED) is 0.282. The summed E-state index contributed by atoms with van der Waals surface area (Å²) in [5, 5.41) is 7.33. The van der Waals surface area contributed by atoms with Gasteiger partial charge in [-0.15, -0.1) is 0 Å². The fraction of sp³-hybridized carbons (Fsp3) is 0.353. The van der Waals surface area contributed by atoms with Crippen molar-refractivity contribution in [3.8, 4) is 0 Å². The number of anilines is 1. The largest absolute Gasteiger partial charge is 0.361 e. The van der Waals surface area contributed by atoms with E-state index >= 15 is 0 Å². The van der Waals surface area contributed by atoms with Gasteiger partial charge in [0.1, 0.15) is 6.04 Å². The number of urea groups is 1. The molecule has 0 saturated carbocycles. The van der Waals surface area contributed by atoms with Crippen molar-refractivity contribution >= 4 is 28.5 Å². The smallest absolute Gasteiger partial charge is 0.318 e. The van der Waals surface area contributed by atoms with Gasteiger partial charge in [0.05, 0.1) is 0 Å². The molecular formula is C34H39N5O2. The van der Waals surface area contributed by atoms with Crippen molar-refractivity contribution < 1.29 is 9.59 Å². The number of nitrogens with zero attached hydrogens (tertiary/aromatic N) is 2. The van der Waals surface area contributed by atoms with Gasteiger partial charge in [0.2, 0.25) is 5.91 Å². The molecule has 1 aromatic heterocycles. The number of para-hydroxylation sites is 1. The summed E-state index contributed by atoms with van der Waals surface area (Å²) in [7, 11) is 2.12. The van der Waals surface area contributed by atoms with E-state index < -0.39 is 6.04 Å². The maximum absolute atomic E-state index is 13.9. The molecule has 1 fully saturated rings. The number of carbonyl (C=O) groups is 2. The maximum atomic E-state index is 13.9. The highest BCUT2D eigenvalue weighted by atomic mass is 16.2. The minimum absolute atomic E-state index is 0.185.